The van der Waals surface area contributed by atoms with Gasteiger partial charge in [-0.05, 0) is 97.9 Å². The Morgan fingerprint density at radius 1 is 0.681 bits per heavy atom. The van der Waals surface area contributed by atoms with Crippen LogP contribution in [0.5, 0.6) is 0 Å². The van der Waals surface area contributed by atoms with Crippen LogP contribution in [0.4, 0.5) is 0 Å². The fourth-order valence-electron chi connectivity index (χ4n) is 8.35. The lowest BCUT2D eigenvalue weighted by molar-refractivity contribution is 0.0928. The Morgan fingerprint density at radius 2 is 1.21 bits per heavy atom. The number of rotatable bonds is 1. The molecule has 0 radical (unpaired) electrons. The lowest BCUT2D eigenvalue weighted by Crippen LogP contribution is -2.39. The van der Waals surface area contributed by atoms with Crippen LogP contribution in [-0.4, -0.2) is 49.8 Å². The minimum Gasteiger partial charge on any atom is -0.357 e. The zero-order valence-electron chi connectivity index (χ0n) is 25.7. The van der Waals surface area contributed by atoms with E-state index < -0.39 is 0 Å². The number of carbonyl (C=O) groups excluding carboxylic acids is 2. The first-order chi connectivity index (χ1) is 22.9. The quantitative estimate of drug-likeness (QED) is 0.177. The normalized spacial score (nSPS) is 19.5. The van der Waals surface area contributed by atoms with Crippen LogP contribution in [0.25, 0.3) is 33.8 Å². The monoisotopic (exact) mass is 641 g/mol. The van der Waals surface area contributed by atoms with Crippen molar-refractivity contribution in [2.45, 2.75) is 62.2 Å². The van der Waals surface area contributed by atoms with Gasteiger partial charge in [-0.15, -0.1) is 0 Å². The van der Waals surface area contributed by atoms with Crippen LogP contribution in [-0.2, 0) is 36.5 Å². The van der Waals surface area contributed by atoms with E-state index in [1.807, 2.05) is 30.6 Å². The van der Waals surface area contributed by atoms with Crippen molar-refractivity contribution in [1.29, 1.82) is 0 Å². The van der Waals surface area contributed by atoms with Crippen LogP contribution in [0, 0.1) is 0 Å². The summed E-state index contributed by atoms with van der Waals surface area (Å²) in [6.07, 6.45) is 15.7. The van der Waals surface area contributed by atoms with E-state index in [-0.39, 0.29) is 22.6 Å². The molecular weight excluding hydrogens is 610 g/mol. The second kappa shape index (κ2) is 9.64. The van der Waals surface area contributed by atoms with E-state index in [1.54, 1.807) is 12.4 Å². The lowest BCUT2D eigenvalue weighted by atomic mass is 9.86. The van der Waals surface area contributed by atoms with E-state index in [4.69, 9.17) is 11.6 Å². The van der Waals surface area contributed by atoms with Gasteiger partial charge >= 0.3 is 0 Å². The summed E-state index contributed by atoms with van der Waals surface area (Å²) in [7, 11) is 0. The van der Waals surface area contributed by atoms with Crippen LogP contribution < -0.4 is 10.6 Å². The first-order valence-corrected chi connectivity index (χ1v) is 16.9. The summed E-state index contributed by atoms with van der Waals surface area (Å²) in [4.78, 5) is 45.1. The lowest BCUT2D eigenvalue weighted by Gasteiger charge is -2.23. The molecule has 0 unspecified atom stereocenters. The summed E-state index contributed by atoms with van der Waals surface area (Å²) in [5, 5.41) is 6.68. The Labute approximate surface area is 276 Å². The molecule has 2 fully saturated rings. The third-order valence-corrected chi connectivity index (χ3v) is 11.6. The van der Waals surface area contributed by atoms with Gasteiger partial charge in [0.05, 0.1) is 28.2 Å². The van der Waals surface area contributed by atoms with E-state index in [9.17, 15) is 9.59 Å². The molecule has 2 saturated carbocycles. The third kappa shape index (κ3) is 4.05. The van der Waals surface area contributed by atoms with Crippen molar-refractivity contribution in [2.75, 3.05) is 13.1 Å². The third-order valence-electron chi connectivity index (χ3n) is 11.3. The Morgan fingerprint density at radius 3 is 1.77 bits per heavy atom. The summed E-state index contributed by atoms with van der Waals surface area (Å²) >= 11 is 6.06. The molecular formula is C37H32ClN7O2. The number of nitrogens with zero attached hydrogens (tertiary/aromatic N) is 3. The topological polar surface area (TPSA) is 128 Å². The van der Waals surface area contributed by atoms with Gasteiger partial charge < -0.3 is 20.6 Å². The van der Waals surface area contributed by atoms with Crippen LogP contribution in [0.2, 0.25) is 5.15 Å². The highest BCUT2D eigenvalue weighted by molar-refractivity contribution is 6.29. The highest BCUT2D eigenvalue weighted by atomic mass is 35.5. The second-order valence-electron chi connectivity index (χ2n) is 14.0. The van der Waals surface area contributed by atoms with Gasteiger partial charge in [-0.25, -0.2) is 4.98 Å². The van der Waals surface area contributed by atoms with Crippen molar-refractivity contribution in [2.24, 2.45) is 0 Å². The standard InChI is InChI=1S/C21H18N4O.C16H14ClN3O/c26-20-17-14-2-1-13-10-23-16(12-3-7-22-8-4-12)9-15(13)18(14)25-19(17)21(5-6-21)11-24-20;17-11-5-10-8(6-18-11)1-2-9-12-14(20-13(9)10)16(3-4-16)7-19-15(12)21/h3-4,7-10,25H,1-2,5-6,11H2,(H,24,26);5-6,20H,1-4,7H2,(H,19,21). The summed E-state index contributed by atoms with van der Waals surface area (Å²) in [6, 6.07) is 8.02. The van der Waals surface area contributed by atoms with E-state index in [1.165, 1.54) is 27.9 Å². The van der Waals surface area contributed by atoms with Crippen molar-refractivity contribution < 1.29 is 9.59 Å². The van der Waals surface area contributed by atoms with E-state index >= 15 is 0 Å². The highest BCUT2D eigenvalue weighted by Crippen LogP contribution is 2.54. The van der Waals surface area contributed by atoms with Gasteiger partial charge in [-0.1, -0.05) is 11.6 Å². The zero-order valence-corrected chi connectivity index (χ0v) is 26.5. The Bertz CT molecular complexity index is 2170. The SMILES string of the molecule is O=C1NCC2(CC2)c2[nH]c3c(c21)CCc1cnc(-c2ccncc2)cc1-3.O=C1NCC2(CC2)c2[nH]c3c(c21)CCc1cnc(Cl)cc1-3. The molecule has 4 N–H and O–H groups in total. The molecule has 9 nitrogen and oxygen atoms in total. The molecule has 10 heteroatoms. The number of nitrogens with one attached hydrogen (secondary N) is 4. The molecule has 2 amide bonds. The second-order valence-corrected chi connectivity index (χ2v) is 14.4. The molecule has 0 saturated heterocycles. The maximum Gasteiger partial charge on any atom is 0.253 e. The number of fused-ring (bicyclic) bond motifs is 12. The number of H-pyrrole nitrogens is 2. The molecule has 2 aliphatic heterocycles. The van der Waals surface area contributed by atoms with Crippen molar-refractivity contribution in [3.63, 3.8) is 0 Å². The first kappa shape index (κ1) is 27.4. The van der Waals surface area contributed by atoms with Crippen molar-refractivity contribution in [1.82, 2.24) is 35.6 Å². The van der Waals surface area contributed by atoms with E-state index in [0.717, 1.165) is 115 Å². The van der Waals surface area contributed by atoms with Gasteiger partial charge in [-0.3, -0.25) is 19.6 Å². The molecule has 2 spiro atoms. The number of halogens is 1. The molecule has 47 heavy (non-hydrogen) atoms. The molecule has 5 aromatic rings. The summed E-state index contributed by atoms with van der Waals surface area (Å²) < 4.78 is 0. The number of pyridine rings is 3. The summed E-state index contributed by atoms with van der Waals surface area (Å²) in [5.41, 5.74) is 15.7. The molecule has 7 heterocycles. The Kier molecular flexibility index (Phi) is 5.61. The average molecular weight is 642 g/mol. The Hall–Kier alpha value is -4.76. The van der Waals surface area contributed by atoms with Crippen molar-refractivity contribution in [3.05, 3.63) is 99.0 Å². The van der Waals surface area contributed by atoms with Crippen LogP contribution in [0.1, 0.15) is 80.0 Å². The number of hydrogen-bond acceptors (Lipinski definition) is 5. The van der Waals surface area contributed by atoms with Crippen LogP contribution >= 0.6 is 11.6 Å². The maximum atomic E-state index is 12.6. The van der Waals surface area contributed by atoms with Gasteiger partial charge in [0.1, 0.15) is 5.15 Å². The van der Waals surface area contributed by atoms with Gasteiger partial charge in [0, 0.05) is 76.8 Å². The molecule has 4 aliphatic carbocycles. The van der Waals surface area contributed by atoms with Crippen LogP contribution in [0.15, 0.2) is 49.1 Å². The largest absolute Gasteiger partial charge is 0.357 e. The molecule has 0 bridgehead atoms. The fraction of sp³-hybridized carbons (Fsp3) is 0.324. The number of aromatic nitrogens is 5. The summed E-state index contributed by atoms with van der Waals surface area (Å²) in [5.74, 6) is 0.158. The predicted molar refractivity (Wildman–Crippen MR) is 178 cm³/mol. The minimum absolute atomic E-state index is 0.0728. The number of aromatic amines is 2. The van der Waals surface area contributed by atoms with Gasteiger partial charge in [0.15, 0.2) is 0 Å². The smallest absolute Gasteiger partial charge is 0.253 e. The zero-order chi connectivity index (χ0) is 31.5. The first-order valence-electron chi connectivity index (χ1n) is 16.5. The molecule has 234 valence electrons. The Balaban J connectivity index is 0.000000124. The van der Waals surface area contributed by atoms with Gasteiger partial charge in [0.25, 0.3) is 11.8 Å². The fourth-order valence-corrected chi connectivity index (χ4v) is 8.51. The average Bonchev–Trinajstić information content (AvgIpc) is 3.98. The summed E-state index contributed by atoms with van der Waals surface area (Å²) in [6.45, 7) is 1.53. The van der Waals surface area contributed by atoms with E-state index in [0.29, 0.717) is 5.15 Å². The number of hydrogen-bond donors (Lipinski definition) is 4. The van der Waals surface area contributed by atoms with Crippen molar-refractivity contribution >= 4 is 23.4 Å². The molecule has 0 aromatic carbocycles. The number of carbonyl (C=O) groups is 2. The number of aryl methyl sites for hydroxylation is 2. The minimum atomic E-state index is 0.0728. The maximum absolute atomic E-state index is 12.6. The molecule has 11 rings (SSSR count). The molecule has 0 atom stereocenters. The highest BCUT2D eigenvalue weighted by Gasteiger charge is 2.53. The number of amides is 2. The molecule has 5 aromatic heterocycles. The van der Waals surface area contributed by atoms with Crippen molar-refractivity contribution in [3.8, 4) is 33.8 Å². The van der Waals surface area contributed by atoms with Crippen LogP contribution in [0.3, 0.4) is 0 Å². The van der Waals surface area contributed by atoms with Gasteiger partial charge in [0.2, 0.25) is 0 Å². The molecule has 6 aliphatic rings. The predicted octanol–water partition coefficient (Wildman–Crippen LogP) is 5.62. The van der Waals surface area contributed by atoms with E-state index in [2.05, 4.69) is 41.6 Å². The van der Waals surface area contributed by atoms with Gasteiger partial charge in [-0.2, -0.15) is 0 Å².